The lowest BCUT2D eigenvalue weighted by Crippen LogP contribution is -2.41. The number of rotatable bonds is 4. The van der Waals surface area contributed by atoms with Crippen LogP contribution in [-0.2, 0) is 16.1 Å². The van der Waals surface area contributed by atoms with E-state index in [1.165, 1.54) is 0 Å². The van der Waals surface area contributed by atoms with E-state index in [0.29, 0.717) is 25.9 Å². The van der Waals surface area contributed by atoms with Crippen LogP contribution in [0.3, 0.4) is 0 Å². The Morgan fingerprint density at radius 1 is 1.00 bits per heavy atom. The number of hydrogen-bond donors (Lipinski definition) is 1. The molecule has 1 aliphatic heterocycles. The Labute approximate surface area is 167 Å². The first-order valence-corrected chi connectivity index (χ1v) is 9.95. The minimum absolute atomic E-state index is 0.0196. The van der Waals surface area contributed by atoms with E-state index < -0.39 is 0 Å². The zero-order chi connectivity index (χ0) is 20.4. The average Bonchev–Trinajstić information content (AvgIpc) is 2.76. The molecule has 0 aromatic heterocycles. The summed E-state index contributed by atoms with van der Waals surface area (Å²) in [5.41, 5.74) is 2.93. The van der Waals surface area contributed by atoms with Crippen molar-refractivity contribution in [2.75, 3.05) is 18.4 Å². The summed E-state index contributed by atoms with van der Waals surface area (Å²) in [6.07, 6.45) is 0.988. The maximum absolute atomic E-state index is 12.4. The average molecular weight is 383 g/mol. The number of anilines is 1. The maximum atomic E-state index is 12.4. The number of benzene rings is 2. The Hall–Kier alpha value is -2.82. The van der Waals surface area contributed by atoms with Crippen molar-refractivity contribution in [3.8, 4) is 0 Å². The molecular formula is C23H30N2O3. The molecule has 2 aromatic carbocycles. The third-order valence-electron chi connectivity index (χ3n) is 4.65. The zero-order valence-corrected chi connectivity index (χ0v) is 17.0. The fraction of sp³-hybridized carbons (Fsp3) is 0.391. The van der Waals surface area contributed by atoms with Gasteiger partial charge in [0.25, 0.3) is 0 Å². The number of hydrogen-bond acceptors (Lipinski definition) is 3. The Morgan fingerprint density at radius 2 is 1.61 bits per heavy atom. The summed E-state index contributed by atoms with van der Waals surface area (Å²) in [7, 11) is 0. The molecule has 1 N–H and O–H groups in total. The van der Waals surface area contributed by atoms with Crippen LogP contribution in [0.2, 0.25) is 0 Å². The first-order chi connectivity index (χ1) is 13.6. The number of piperidine rings is 1. The van der Waals surface area contributed by atoms with E-state index >= 15 is 0 Å². The minimum Gasteiger partial charge on any atom is -0.445 e. The van der Waals surface area contributed by atoms with Crippen LogP contribution < -0.4 is 5.32 Å². The lowest BCUT2D eigenvalue weighted by atomic mass is 9.96. The molecule has 0 unspecified atom stereocenters. The largest absolute Gasteiger partial charge is 0.445 e. The van der Waals surface area contributed by atoms with Gasteiger partial charge in [-0.05, 0) is 37.5 Å². The van der Waals surface area contributed by atoms with E-state index in [1.54, 1.807) is 4.90 Å². The third kappa shape index (κ3) is 6.41. The second-order valence-electron chi connectivity index (χ2n) is 6.66. The van der Waals surface area contributed by atoms with Gasteiger partial charge < -0.3 is 15.0 Å². The highest BCUT2D eigenvalue weighted by atomic mass is 16.6. The Morgan fingerprint density at radius 3 is 2.21 bits per heavy atom. The molecule has 0 spiro atoms. The predicted octanol–water partition coefficient (Wildman–Crippen LogP) is 5.01. The van der Waals surface area contributed by atoms with Crippen LogP contribution >= 0.6 is 0 Å². The Bertz CT molecular complexity index is 736. The van der Waals surface area contributed by atoms with Crippen molar-refractivity contribution in [1.29, 1.82) is 0 Å². The number of ether oxygens (including phenoxy) is 1. The number of aryl methyl sites for hydroxylation is 1. The summed E-state index contributed by atoms with van der Waals surface area (Å²) in [6, 6.07) is 17.4. The summed E-state index contributed by atoms with van der Waals surface area (Å²) in [6.45, 7) is 7.37. The van der Waals surface area contributed by atoms with E-state index in [0.717, 1.165) is 16.8 Å². The molecule has 0 aliphatic carbocycles. The number of nitrogens with one attached hydrogen (secondary N) is 1. The number of carbonyl (C=O) groups is 2. The topological polar surface area (TPSA) is 58.6 Å². The van der Waals surface area contributed by atoms with E-state index in [1.807, 2.05) is 75.4 Å². The lowest BCUT2D eigenvalue weighted by molar-refractivity contribution is -0.121. The van der Waals surface area contributed by atoms with Crippen LogP contribution in [0.5, 0.6) is 0 Å². The van der Waals surface area contributed by atoms with Crippen LogP contribution in [-0.4, -0.2) is 30.0 Å². The van der Waals surface area contributed by atoms with Gasteiger partial charge in [-0.15, -0.1) is 0 Å². The SMILES string of the molecule is CC.Cc1ccc(NC(=O)C2CCN(C(=O)OCc3ccccc3)CC2)cc1. The van der Waals surface area contributed by atoms with E-state index in [4.69, 9.17) is 4.74 Å². The van der Waals surface area contributed by atoms with Gasteiger partial charge in [-0.1, -0.05) is 61.9 Å². The smallest absolute Gasteiger partial charge is 0.410 e. The van der Waals surface area contributed by atoms with Gasteiger partial charge in [0, 0.05) is 24.7 Å². The van der Waals surface area contributed by atoms with Crippen molar-refractivity contribution in [2.24, 2.45) is 5.92 Å². The summed E-state index contributed by atoms with van der Waals surface area (Å²) in [5.74, 6) is -0.0550. The van der Waals surface area contributed by atoms with Crippen molar-refractivity contribution in [1.82, 2.24) is 4.90 Å². The molecule has 2 amide bonds. The van der Waals surface area contributed by atoms with Crippen molar-refractivity contribution in [3.05, 3.63) is 65.7 Å². The van der Waals surface area contributed by atoms with Gasteiger partial charge >= 0.3 is 6.09 Å². The molecule has 0 saturated carbocycles. The van der Waals surface area contributed by atoms with Crippen molar-refractivity contribution < 1.29 is 14.3 Å². The molecule has 0 atom stereocenters. The standard InChI is InChI=1S/C21H24N2O3.C2H6/c1-16-7-9-19(10-8-16)22-20(24)18-11-13-23(14-12-18)21(25)26-15-17-5-3-2-4-6-17;1-2/h2-10,18H,11-15H2,1H3,(H,22,24);1-2H3. The van der Waals surface area contributed by atoms with E-state index in [2.05, 4.69) is 5.32 Å². The van der Waals surface area contributed by atoms with Gasteiger partial charge in [0.15, 0.2) is 0 Å². The van der Waals surface area contributed by atoms with Crippen LogP contribution in [0, 0.1) is 12.8 Å². The molecule has 1 saturated heterocycles. The molecular weight excluding hydrogens is 352 g/mol. The van der Waals surface area contributed by atoms with Crippen molar-refractivity contribution >= 4 is 17.7 Å². The molecule has 1 heterocycles. The molecule has 28 heavy (non-hydrogen) atoms. The van der Waals surface area contributed by atoms with Gasteiger partial charge in [-0.3, -0.25) is 4.79 Å². The first kappa shape index (κ1) is 21.5. The fourth-order valence-electron chi connectivity index (χ4n) is 3.02. The lowest BCUT2D eigenvalue weighted by Gasteiger charge is -2.30. The predicted molar refractivity (Wildman–Crippen MR) is 112 cm³/mol. The quantitative estimate of drug-likeness (QED) is 0.809. The highest BCUT2D eigenvalue weighted by molar-refractivity contribution is 5.92. The highest BCUT2D eigenvalue weighted by Crippen LogP contribution is 2.20. The number of amides is 2. The van der Waals surface area contributed by atoms with Crippen LogP contribution in [0.1, 0.15) is 37.8 Å². The second-order valence-corrected chi connectivity index (χ2v) is 6.66. The number of carbonyl (C=O) groups excluding carboxylic acids is 2. The molecule has 1 aliphatic rings. The molecule has 0 bridgehead atoms. The van der Waals surface area contributed by atoms with Crippen LogP contribution in [0.15, 0.2) is 54.6 Å². The molecule has 1 fully saturated rings. The number of nitrogens with zero attached hydrogens (tertiary/aromatic N) is 1. The second kappa shape index (κ2) is 11.1. The van der Waals surface area contributed by atoms with Gasteiger partial charge in [0.2, 0.25) is 5.91 Å². The fourth-order valence-corrected chi connectivity index (χ4v) is 3.02. The Kier molecular flexibility index (Phi) is 8.53. The Balaban J connectivity index is 0.00000136. The zero-order valence-electron chi connectivity index (χ0n) is 17.0. The molecule has 150 valence electrons. The van der Waals surface area contributed by atoms with E-state index in [-0.39, 0.29) is 24.5 Å². The molecule has 0 radical (unpaired) electrons. The number of likely N-dealkylation sites (tertiary alicyclic amines) is 1. The molecule has 5 nitrogen and oxygen atoms in total. The third-order valence-corrected chi connectivity index (χ3v) is 4.65. The van der Waals surface area contributed by atoms with Gasteiger partial charge in [0.05, 0.1) is 0 Å². The summed E-state index contributed by atoms with van der Waals surface area (Å²) < 4.78 is 5.36. The maximum Gasteiger partial charge on any atom is 0.410 e. The van der Waals surface area contributed by atoms with E-state index in [9.17, 15) is 9.59 Å². The normalized spacial score (nSPS) is 13.9. The van der Waals surface area contributed by atoms with Crippen molar-refractivity contribution in [3.63, 3.8) is 0 Å². The van der Waals surface area contributed by atoms with Gasteiger partial charge in [-0.25, -0.2) is 4.79 Å². The highest BCUT2D eigenvalue weighted by Gasteiger charge is 2.28. The molecule has 5 heteroatoms. The molecule has 2 aromatic rings. The van der Waals surface area contributed by atoms with Crippen LogP contribution in [0.25, 0.3) is 0 Å². The van der Waals surface area contributed by atoms with Crippen molar-refractivity contribution in [2.45, 2.75) is 40.2 Å². The summed E-state index contributed by atoms with van der Waals surface area (Å²) in [5, 5.41) is 2.96. The monoisotopic (exact) mass is 382 g/mol. The first-order valence-electron chi connectivity index (χ1n) is 9.95. The van der Waals surface area contributed by atoms with Gasteiger partial charge in [-0.2, -0.15) is 0 Å². The summed E-state index contributed by atoms with van der Waals surface area (Å²) in [4.78, 5) is 26.2. The minimum atomic E-state index is -0.314. The molecule has 3 rings (SSSR count). The van der Waals surface area contributed by atoms with Gasteiger partial charge in [0.1, 0.15) is 6.61 Å². The summed E-state index contributed by atoms with van der Waals surface area (Å²) >= 11 is 0. The van der Waals surface area contributed by atoms with Crippen LogP contribution in [0.4, 0.5) is 10.5 Å².